The van der Waals surface area contributed by atoms with Crippen LogP contribution >= 0.6 is 11.3 Å². The molecule has 0 atom stereocenters. The van der Waals surface area contributed by atoms with Crippen molar-refractivity contribution in [3.05, 3.63) is 34.6 Å². The van der Waals surface area contributed by atoms with Gasteiger partial charge in [0.05, 0.1) is 5.01 Å². The second kappa shape index (κ2) is 4.61. The molecule has 0 aliphatic rings. The second-order valence-electron chi connectivity index (χ2n) is 4.17. The number of nitrogens with zero attached hydrogens (tertiary/aromatic N) is 1. The molecule has 18 heavy (non-hydrogen) atoms. The van der Waals surface area contributed by atoms with Gasteiger partial charge in [0.2, 0.25) is 0 Å². The van der Waals surface area contributed by atoms with Crippen LogP contribution in [0, 0.1) is 17.5 Å². The zero-order chi connectivity index (χ0) is 13.4. The van der Waals surface area contributed by atoms with Crippen LogP contribution < -0.4 is 5.73 Å². The molecule has 0 fully saturated rings. The van der Waals surface area contributed by atoms with Crippen molar-refractivity contribution in [3.8, 4) is 11.3 Å². The Morgan fingerprint density at radius 2 is 1.72 bits per heavy atom. The van der Waals surface area contributed by atoms with Gasteiger partial charge in [-0.05, 0) is 6.07 Å². The number of halogens is 3. The molecule has 96 valence electrons. The molecule has 0 radical (unpaired) electrons. The number of nitrogens with two attached hydrogens (primary N) is 1. The van der Waals surface area contributed by atoms with Gasteiger partial charge in [0, 0.05) is 17.5 Å². The van der Waals surface area contributed by atoms with E-state index in [-0.39, 0.29) is 17.2 Å². The Hall–Kier alpha value is -1.56. The normalized spacial score (nSPS) is 11.2. The molecule has 2 N–H and O–H groups in total. The van der Waals surface area contributed by atoms with Gasteiger partial charge in [-0.1, -0.05) is 13.8 Å². The molecule has 0 amide bonds. The third kappa shape index (κ3) is 2.20. The Morgan fingerprint density at radius 3 is 2.28 bits per heavy atom. The van der Waals surface area contributed by atoms with Crippen LogP contribution in [0.4, 0.5) is 18.2 Å². The minimum atomic E-state index is -1.23. The fourth-order valence-electron chi connectivity index (χ4n) is 1.49. The fraction of sp³-hybridized carbons (Fsp3) is 0.250. The first kappa shape index (κ1) is 12.9. The van der Waals surface area contributed by atoms with Crippen molar-refractivity contribution in [1.82, 2.24) is 4.98 Å². The number of thiazole rings is 1. The minimum Gasteiger partial charge on any atom is -0.389 e. The maximum atomic E-state index is 13.6. The van der Waals surface area contributed by atoms with Gasteiger partial charge < -0.3 is 5.73 Å². The Bertz CT molecular complexity index is 593. The molecule has 0 saturated heterocycles. The Kier molecular flexibility index (Phi) is 3.30. The number of hydrogen-bond acceptors (Lipinski definition) is 3. The van der Waals surface area contributed by atoms with Crippen molar-refractivity contribution in [2.75, 3.05) is 5.73 Å². The zero-order valence-corrected chi connectivity index (χ0v) is 10.6. The lowest BCUT2D eigenvalue weighted by Crippen LogP contribution is -1.94. The molecule has 2 rings (SSSR count). The van der Waals surface area contributed by atoms with Crippen LogP contribution in [-0.2, 0) is 0 Å². The van der Waals surface area contributed by atoms with Crippen molar-refractivity contribution < 1.29 is 13.2 Å². The summed E-state index contributed by atoms with van der Waals surface area (Å²) in [6, 6.07) is 1.28. The molecule has 2 nitrogen and oxygen atoms in total. The standard InChI is InChI=1S/C12H11F3N2S/c1-5(2)12-17-10(11(16)18-12)6-3-8(14)9(15)4-7(6)13/h3-5H,16H2,1-2H3. The number of rotatable bonds is 2. The number of hydrogen-bond donors (Lipinski definition) is 1. The highest BCUT2D eigenvalue weighted by Crippen LogP contribution is 2.35. The summed E-state index contributed by atoms with van der Waals surface area (Å²) in [5, 5.41) is 1.02. The Balaban J connectivity index is 2.58. The van der Waals surface area contributed by atoms with E-state index in [1.165, 1.54) is 11.3 Å². The van der Waals surface area contributed by atoms with E-state index in [2.05, 4.69) is 4.98 Å². The number of anilines is 1. The van der Waals surface area contributed by atoms with Gasteiger partial charge in [0.25, 0.3) is 0 Å². The Morgan fingerprint density at radius 1 is 1.11 bits per heavy atom. The SMILES string of the molecule is CC(C)c1nc(-c2cc(F)c(F)cc2F)c(N)s1. The highest BCUT2D eigenvalue weighted by Gasteiger charge is 2.18. The van der Waals surface area contributed by atoms with Crippen molar-refractivity contribution in [1.29, 1.82) is 0 Å². The molecule has 1 aromatic heterocycles. The molecule has 0 bridgehead atoms. The lowest BCUT2D eigenvalue weighted by Gasteiger charge is -2.02. The molecule has 1 aromatic carbocycles. The van der Waals surface area contributed by atoms with Crippen molar-refractivity contribution in [2.24, 2.45) is 0 Å². The van der Waals surface area contributed by atoms with E-state index in [0.717, 1.165) is 11.1 Å². The molecule has 0 saturated carbocycles. The van der Waals surface area contributed by atoms with Gasteiger partial charge in [-0.2, -0.15) is 0 Å². The molecule has 0 spiro atoms. The lowest BCUT2D eigenvalue weighted by atomic mass is 10.1. The third-order valence-corrected chi connectivity index (χ3v) is 3.61. The van der Waals surface area contributed by atoms with E-state index < -0.39 is 17.5 Å². The van der Waals surface area contributed by atoms with Crippen molar-refractivity contribution >= 4 is 16.3 Å². The van der Waals surface area contributed by atoms with E-state index in [0.29, 0.717) is 11.1 Å². The molecule has 0 aliphatic carbocycles. The average molecular weight is 272 g/mol. The van der Waals surface area contributed by atoms with Crippen LogP contribution in [0.2, 0.25) is 0 Å². The molecule has 6 heteroatoms. The van der Waals surface area contributed by atoms with E-state index in [1.54, 1.807) is 0 Å². The summed E-state index contributed by atoms with van der Waals surface area (Å²) in [6.45, 7) is 3.84. The van der Waals surface area contributed by atoms with Crippen molar-refractivity contribution in [3.63, 3.8) is 0 Å². The van der Waals surface area contributed by atoms with Gasteiger partial charge in [0.1, 0.15) is 16.5 Å². The third-order valence-electron chi connectivity index (χ3n) is 2.43. The van der Waals surface area contributed by atoms with Crippen LogP contribution in [-0.4, -0.2) is 4.98 Å². The van der Waals surface area contributed by atoms with Gasteiger partial charge in [-0.15, -0.1) is 11.3 Å². The van der Waals surface area contributed by atoms with E-state index >= 15 is 0 Å². The first-order chi connectivity index (χ1) is 8.40. The number of nitrogen functional groups attached to an aromatic ring is 1. The topological polar surface area (TPSA) is 38.9 Å². The van der Waals surface area contributed by atoms with Crippen LogP contribution in [0.25, 0.3) is 11.3 Å². The van der Waals surface area contributed by atoms with E-state index in [4.69, 9.17) is 5.73 Å². The molecule has 0 unspecified atom stereocenters. The van der Waals surface area contributed by atoms with Crippen molar-refractivity contribution in [2.45, 2.75) is 19.8 Å². The second-order valence-corrected chi connectivity index (χ2v) is 5.23. The average Bonchev–Trinajstić information content (AvgIpc) is 2.66. The predicted octanol–water partition coefficient (Wildman–Crippen LogP) is 3.93. The maximum Gasteiger partial charge on any atom is 0.161 e. The summed E-state index contributed by atoms with van der Waals surface area (Å²) in [5.74, 6) is -3.08. The van der Waals surface area contributed by atoms with Crippen LogP contribution in [0.1, 0.15) is 24.8 Å². The molecule has 1 heterocycles. The first-order valence-electron chi connectivity index (χ1n) is 5.31. The molecule has 0 aliphatic heterocycles. The Labute approximate surface area is 106 Å². The zero-order valence-electron chi connectivity index (χ0n) is 9.80. The monoisotopic (exact) mass is 272 g/mol. The van der Waals surface area contributed by atoms with Gasteiger partial charge in [0.15, 0.2) is 11.6 Å². The lowest BCUT2D eigenvalue weighted by molar-refractivity contribution is 0.496. The summed E-state index contributed by atoms with van der Waals surface area (Å²) < 4.78 is 39.6. The fourth-order valence-corrected chi connectivity index (χ4v) is 2.34. The van der Waals surface area contributed by atoms with Gasteiger partial charge >= 0.3 is 0 Å². The highest BCUT2D eigenvalue weighted by atomic mass is 32.1. The molecule has 2 aromatic rings. The van der Waals surface area contributed by atoms with Crippen LogP contribution in [0.15, 0.2) is 12.1 Å². The maximum absolute atomic E-state index is 13.6. The smallest absolute Gasteiger partial charge is 0.161 e. The first-order valence-corrected chi connectivity index (χ1v) is 6.13. The van der Waals surface area contributed by atoms with Crippen LogP contribution in [0.3, 0.4) is 0 Å². The summed E-state index contributed by atoms with van der Waals surface area (Å²) in [5.41, 5.74) is 5.79. The van der Waals surface area contributed by atoms with Crippen LogP contribution in [0.5, 0.6) is 0 Å². The number of benzene rings is 1. The minimum absolute atomic E-state index is 0.116. The molecular weight excluding hydrogens is 261 g/mol. The molecular formula is C12H11F3N2S. The van der Waals surface area contributed by atoms with Gasteiger partial charge in [-0.25, -0.2) is 18.2 Å². The largest absolute Gasteiger partial charge is 0.389 e. The quantitative estimate of drug-likeness (QED) is 0.841. The highest BCUT2D eigenvalue weighted by molar-refractivity contribution is 7.16. The predicted molar refractivity (Wildman–Crippen MR) is 65.9 cm³/mol. The van der Waals surface area contributed by atoms with Gasteiger partial charge in [-0.3, -0.25) is 0 Å². The summed E-state index contributed by atoms with van der Waals surface area (Å²) in [4.78, 5) is 4.18. The summed E-state index contributed by atoms with van der Waals surface area (Å²) in [7, 11) is 0. The number of aromatic nitrogens is 1. The summed E-state index contributed by atoms with van der Waals surface area (Å²) in [6.07, 6.45) is 0. The van der Waals surface area contributed by atoms with E-state index in [9.17, 15) is 13.2 Å². The summed E-state index contributed by atoms with van der Waals surface area (Å²) >= 11 is 1.22. The van der Waals surface area contributed by atoms with E-state index in [1.807, 2.05) is 13.8 Å².